The number of H-pyrrole nitrogens is 3. The fourth-order valence-electron chi connectivity index (χ4n) is 1.27. The van der Waals surface area contributed by atoms with Crippen molar-refractivity contribution in [3.63, 3.8) is 0 Å². The summed E-state index contributed by atoms with van der Waals surface area (Å²) in [5.74, 6) is 0.351. The van der Waals surface area contributed by atoms with Crippen molar-refractivity contribution in [2.45, 2.75) is 0 Å². The van der Waals surface area contributed by atoms with Crippen LogP contribution in [0.3, 0.4) is 0 Å². The molecule has 0 aromatic carbocycles. The first-order valence-corrected chi connectivity index (χ1v) is 5.32. The number of nitrogens with zero attached hydrogens (tertiary/aromatic N) is 11. The van der Waals surface area contributed by atoms with Gasteiger partial charge in [-0.05, 0) is 20.8 Å². The molecule has 4 rings (SSSR count). The van der Waals surface area contributed by atoms with Gasteiger partial charge in [-0.3, -0.25) is 4.94 Å². The number of nitrogens with one attached hydrogen (secondary N) is 3. The Morgan fingerprint density at radius 3 is 2.55 bits per heavy atom. The molecule has 2 aliphatic heterocycles. The minimum Gasteiger partial charge on any atom is -0.722 e. The van der Waals surface area contributed by atoms with Gasteiger partial charge < -0.3 is 10.9 Å². The maximum atomic E-state index is 11.3. The second kappa shape index (κ2) is 5.62. The summed E-state index contributed by atoms with van der Waals surface area (Å²) in [6, 6.07) is 0. The molecular weight excluding hydrogens is 302 g/mol. The van der Waals surface area contributed by atoms with Gasteiger partial charge in [0.1, 0.15) is 10.9 Å². The average Bonchev–Trinajstić information content (AvgIpc) is 3.27. The van der Waals surface area contributed by atoms with E-state index < -0.39 is 0 Å². The van der Waals surface area contributed by atoms with E-state index in [4.69, 9.17) is 5.73 Å². The predicted octanol–water partition coefficient (Wildman–Crippen LogP) is -2.15. The number of rotatable bonds is 1. The molecule has 17 heteroatoms. The Hall–Kier alpha value is -3.89. The van der Waals surface area contributed by atoms with Crippen molar-refractivity contribution in [2.24, 2.45) is 25.8 Å². The van der Waals surface area contributed by atoms with Crippen LogP contribution >= 0.6 is 0 Å². The molecule has 0 saturated carbocycles. The maximum absolute atomic E-state index is 11.3. The first-order valence-electron chi connectivity index (χ1n) is 5.32. The molecule has 0 saturated heterocycles. The lowest BCUT2D eigenvalue weighted by atomic mass is 10.2. The van der Waals surface area contributed by atoms with Gasteiger partial charge in [-0.15, -0.1) is 25.6 Å². The fraction of sp³-hybridized carbons (Fsp3) is 0. The van der Waals surface area contributed by atoms with Crippen molar-refractivity contribution in [1.82, 2.24) is 41.4 Å². The predicted molar refractivity (Wildman–Crippen MR) is 61.1 cm³/mol. The van der Waals surface area contributed by atoms with Crippen LogP contribution in [0.2, 0.25) is 0 Å². The van der Waals surface area contributed by atoms with Crippen LogP contribution in [0.25, 0.3) is 0 Å². The fourth-order valence-corrected chi connectivity index (χ4v) is 1.27. The molecule has 4 heterocycles. The highest BCUT2D eigenvalue weighted by Gasteiger charge is 2.29. The molecule has 0 amide bonds. The second-order valence-electron chi connectivity index (χ2n) is 3.39. The Balaban J connectivity index is 0.000000202. The largest absolute Gasteiger partial charge is 0.722 e. The second-order valence-corrected chi connectivity index (χ2v) is 3.39. The number of hydroxylamine groups is 2. The minimum absolute atomic E-state index is 0.0314. The summed E-state index contributed by atoms with van der Waals surface area (Å²) in [5.41, 5.74) is 4.99. The first kappa shape index (κ1) is 13.1. The van der Waals surface area contributed by atoms with E-state index in [2.05, 4.69) is 72.0 Å². The summed E-state index contributed by atoms with van der Waals surface area (Å²) < 4.78 is 0. The normalized spacial score (nSPS) is 15.7. The smallest absolute Gasteiger partial charge is 0.394 e. The lowest BCUT2D eigenvalue weighted by Crippen LogP contribution is -2.16. The number of nitrogen functional groups attached to an aromatic ring is 1. The van der Waals surface area contributed by atoms with Gasteiger partial charge in [0.2, 0.25) is 11.6 Å². The van der Waals surface area contributed by atoms with Gasteiger partial charge in [0.05, 0.1) is 5.10 Å². The van der Waals surface area contributed by atoms with Crippen molar-refractivity contribution in [1.29, 1.82) is 0 Å². The zero-order valence-electron chi connectivity index (χ0n) is 10.3. The summed E-state index contributed by atoms with van der Waals surface area (Å²) in [6.07, 6.45) is 0. The van der Waals surface area contributed by atoms with E-state index in [1.54, 1.807) is 0 Å². The molecule has 0 radical (unpaired) electrons. The third-order valence-corrected chi connectivity index (χ3v) is 2.09. The number of hydrogen-bond donors (Lipinski definition) is 3. The molecule has 0 unspecified atom stereocenters. The zero-order valence-corrected chi connectivity index (χ0v) is 10.3. The molecule has 2 aromatic heterocycles. The number of aromatic amines is 3. The van der Waals surface area contributed by atoms with Gasteiger partial charge >= 0.3 is 5.95 Å². The topological polar surface area (TPSA) is 234 Å². The van der Waals surface area contributed by atoms with Crippen molar-refractivity contribution in [2.75, 3.05) is 5.73 Å². The van der Waals surface area contributed by atoms with E-state index in [1.807, 2.05) is 0 Å². The Kier molecular flexibility index (Phi) is 3.35. The minimum atomic E-state index is -0.0774. The Morgan fingerprint density at radius 1 is 1.18 bits per heavy atom. The van der Waals surface area contributed by atoms with Gasteiger partial charge in [-0.1, -0.05) is 0 Å². The van der Waals surface area contributed by atoms with Crippen LogP contribution in [0.4, 0.5) is 5.95 Å². The van der Waals surface area contributed by atoms with E-state index in [1.165, 1.54) is 0 Å². The third-order valence-electron chi connectivity index (χ3n) is 2.09. The van der Waals surface area contributed by atoms with Crippen LogP contribution in [0.5, 0.6) is 0 Å². The van der Waals surface area contributed by atoms with Crippen LogP contribution in [-0.2, 0) is 4.94 Å². The zero-order chi connectivity index (χ0) is 15.4. The third kappa shape index (κ3) is 2.53. The molecule has 2 aliphatic rings. The van der Waals surface area contributed by atoms with E-state index in [-0.39, 0.29) is 28.3 Å². The van der Waals surface area contributed by atoms with Crippen molar-refractivity contribution < 1.29 is 10.0 Å². The van der Waals surface area contributed by atoms with E-state index in [0.29, 0.717) is 5.95 Å². The molecule has 22 heavy (non-hydrogen) atoms. The summed E-state index contributed by atoms with van der Waals surface area (Å²) in [4.78, 5) is 4.40. The first-order chi connectivity index (χ1) is 10.8. The van der Waals surface area contributed by atoms with Crippen molar-refractivity contribution >= 4 is 11.7 Å². The number of allylic oxidation sites excluding steroid dienone is 1. The van der Waals surface area contributed by atoms with E-state index in [9.17, 15) is 5.21 Å². The molecule has 0 bridgehead atoms. The number of hydrogen-bond acceptors (Lipinski definition) is 14. The van der Waals surface area contributed by atoms with Crippen LogP contribution in [0.15, 0.2) is 37.3 Å². The SMILES string of the molecule is Nc1nn[nH][nH+]1.[O-]N1ON=C(c2nn[nH]n2)C1=C1N=NN=N1. The highest BCUT2D eigenvalue weighted by atomic mass is 17.0. The van der Waals surface area contributed by atoms with Crippen molar-refractivity contribution in [3.05, 3.63) is 22.5 Å². The lowest BCUT2D eigenvalue weighted by Gasteiger charge is -2.19. The van der Waals surface area contributed by atoms with Gasteiger partial charge in [0.25, 0.3) is 0 Å². The standard InChI is InChI=1S/C4HN10O2.CH3N5/c15-14-2(4-7-12-13-8-4)1(9-16-14)3-5-10-11-6-3;2-1-3-5-6-4-1/h(H,5,6,10,11);(H3,2,3,4,5,6)/q-1;/p+1. The maximum Gasteiger partial charge on any atom is 0.394 e. The van der Waals surface area contributed by atoms with Crippen LogP contribution in [-0.4, -0.2) is 47.1 Å². The molecule has 2 aromatic rings. The van der Waals surface area contributed by atoms with Crippen LogP contribution in [0.1, 0.15) is 5.82 Å². The van der Waals surface area contributed by atoms with E-state index in [0.717, 1.165) is 0 Å². The quantitative estimate of drug-likeness (QED) is 0.519. The Morgan fingerprint density at radius 2 is 2.00 bits per heavy atom. The average molecular weight is 307 g/mol. The number of nitrogens with two attached hydrogens (primary N) is 1. The summed E-state index contributed by atoms with van der Waals surface area (Å²) in [7, 11) is 0. The van der Waals surface area contributed by atoms with Gasteiger partial charge in [0, 0.05) is 0 Å². The van der Waals surface area contributed by atoms with Gasteiger partial charge in [-0.25, -0.2) is 5.23 Å². The van der Waals surface area contributed by atoms with Gasteiger partial charge in [-0.2, -0.15) is 10.3 Å². The molecular formula is C5H5N15O2. The molecule has 17 nitrogen and oxygen atoms in total. The molecule has 0 aliphatic carbocycles. The molecule has 5 N–H and O–H groups in total. The number of tetrazole rings is 2. The molecule has 0 spiro atoms. The number of anilines is 1. The Bertz CT molecular complexity index is 725. The highest BCUT2D eigenvalue weighted by Crippen LogP contribution is 2.25. The lowest BCUT2D eigenvalue weighted by molar-refractivity contribution is -0.440. The van der Waals surface area contributed by atoms with Crippen LogP contribution < -0.4 is 10.8 Å². The highest BCUT2D eigenvalue weighted by molar-refractivity contribution is 6.10. The molecule has 112 valence electrons. The summed E-state index contributed by atoms with van der Waals surface area (Å²) in [5, 5.41) is 52.6. The Labute approximate surface area is 118 Å². The molecule has 0 fully saturated rings. The monoisotopic (exact) mass is 307 g/mol. The van der Waals surface area contributed by atoms with Crippen molar-refractivity contribution in [3.8, 4) is 0 Å². The number of oxime groups is 1. The van der Waals surface area contributed by atoms with Gasteiger partial charge in [0.15, 0.2) is 5.71 Å². The number of aromatic nitrogens is 8. The molecule has 0 atom stereocenters. The summed E-state index contributed by atoms with van der Waals surface area (Å²) in [6.45, 7) is 0. The summed E-state index contributed by atoms with van der Waals surface area (Å²) >= 11 is 0. The van der Waals surface area contributed by atoms with Crippen LogP contribution in [0, 0.1) is 5.21 Å². The van der Waals surface area contributed by atoms with E-state index >= 15 is 0 Å².